The van der Waals surface area contributed by atoms with E-state index in [1.54, 1.807) is 7.11 Å². The first kappa shape index (κ1) is 9.73. The second kappa shape index (κ2) is 3.52. The number of fused-ring (bicyclic) bond motifs is 3. The molecule has 0 spiro atoms. The first-order valence-electron chi connectivity index (χ1n) is 5.67. The van der Waals surface area contributed by atoms with Gasteiger partial charge in [0.15, 0.2) is 0 Å². The van der Waals surface area contributed by atoms with Crippen molar-refractivity contribution in [3.63, 3.8) is 0 Å². The van der Waals surface area contributed by atoms with Crippen LogP contribution >= 0.6 is 0 Å². The molecule has 0 saturated carbocycles. The van der Waals surface area contributed by atoms with Gasteiger partial charge in [-0.25, -0.2) is 0 Å². The van der Waals surface area contributed by atoms with Crippen molar-refractivity contribution in [2.45, 2.75) is 20.0 Å². The maximum Gasteiger partial charge on any atom is 0.119 e. The molecular weight excluding hydrogens is 200 g/mol. The van der Waals surface area contributed by atoms with E-state index in [0.717, 1.165) is 25.4 Å². The number of nitrogens with one attached hydrogen (secondary N) is 1. The minimum Gasteiger partial charge on any atom is -0.497 e. The Morgan fingerprint density at radius 3 is 3.06 bits per heavy atom. The Hall–Kier alpha value is -1.48. The van der Waals surface area contributed by atoms with Crippen molar-refractivity contribution in [2.24, 2.45) is 0 Å². The monoisotopic (exact) mass is 216 g/mol. The van der Waals surface area contributed by atoms with Crippen LogP contribution in [-0.2, 0) is 13.1 Å². The first-order chi connectivity index (χ1) is 7.81. The molecule has 0 bridgehead atoms. The molecule has 0 aliphatic carbocycles. The molecule has 0 unspecified atom stereocenters. The van der Waals surface area contributed by atoms with Crippen molar-refractivity contribution in [1.82, 2.24) is 9.88 Å². The van der Waals surface area contributed by atoms with Gasteiger partial charge in [0.1, 0.15) is 5.75 Å². The van der Waals surface area contributed by atoms with Crippen LogP contribution in [0.2, 0.25) is 0 Å². The number of hydrogen-bond donors (Lipinski definition) is 1. The molecule has 0 atom stereocenters. The van der Waals surface area contributed by atoms with Gasteiger partial charge in [-0.3, -0.25) is 0 Å². The number of rotatable bonds is 1. The molecule has 3 rings (SSSR count). The Morgan fingerprint density at radius 1 is 1.38 bits per heavy atom. The zero-order valence-electron chi connectivity index (χ0n) is 9.71. The largest absolute Gasteiger partial charge is 0.497 e. The summed E-state index contributed by atoms with van der Waals surface area (Å²) >= 11 is 0. The zero-order chi connectivity index (χ0) is 11.1. The van der Waals surface area contributed by atoms with E-state index in [4.69, 9.17) is 4.74 Å². The van der Waals surface area contributed by atoms with Crippen LogP contribution < -0.4 is 10.1 Å². The lowest BCUT2D eigenvalue weighted by Crippen LogP contribution is -2.27. The predicted molar refractivity (Wildman–Crippen MR) is 64.9 cm³/mol. The third-order valence-corrected chi connectivity index (χ3v) is 3.46. The fourth-order valence-electron chi connectivity index (χ4n) is 2.56. The van der Waals surface area contributed by atoms with E-state index >= 15 is 0 Å². The average Bonchev–Trinajstić information content (AvgIpc) is 2.64. The zero-order valence-corrected chi connectivity index (χ0v) is 9.71. The molecule has 0 saturated heterocycles. The van der Waals surface area contributed by atoms with Crippen LogP contribution in [0.1, 0.15) is 11.3 Å². The van der Waals surface area contributed by atoms with E-state index in [2.05, 4.69) is 28.9 Å². The van der Waals surface area contributed by atoms with Crippen LogP contribution in [0.25, 0.3) is 10.9 Å². The SMILES string of the molecule is COc1ccc2c(c1)c(C)c1n2CCNC1. The quantitative estimate of drug-likeness (QED) is 0.789. The average molecular weight is 216 g/mol. The predicted octanol–water partition coefficient (Wildman–Crippen LogP) is 2.06. The molecule has 3 nitrogen and oxygen atoms in total. The third-order valence-electron chi connectivity index (χ3n) is 3.46. The fraction of sp³-hybridized carbons (Fsp3) is 0.385. The molecule has 0 radical (unpaired) electrons. The van der Waals surface area contributed by atoms with Crippen molar-refractivity contribution in [1.29, 1.82) is 0 Å². The van der Waals surface area contributed by atoms with Gasteiger partial charge in [-0.15, -0.1) is 0 Å². The highest BCUT2D eigenvalue weighted by Crippen LogP contribution is 2.29. The molecule has 1 aliphatic heterocycles. The van der Waals surface area contributed by atoms with Crippen molar-refractivity contribution in [3.8, 4) is 5.75 Å². The van der Waals surface area contributed by atoms with Gasteiger partial charge in [-0.2, -0.15) is 0 Å². The van der Waals surface area contributed by atoms with Crippen LogP contribution in [0.4, 0.5) is 0 Å². The summed E-state index contributed by atoms with van der Waals surface area (Å²) in [6, 6.07) is 6.34. The summed E-state index contributed by atoms with van der Waals surface area (Å²) in [5, 5.41) is 4.74. The lowest BCUT2D eigenvalue weighted by molar-refractivity contribution is 0.415. The molecule has 3 heteroatoms. The smallest absolute Gasteiger partial charge is 0.119 e. The summed E-state index contributed by atoms with van der Waals surface area (Å²) in [6.07, 6.45) is 0. The second-order valence-corrected chi connectivity index (χ2v) is 4.28. The summed E-state index contributed by atoms with van der Waals surface area (Å²) in [5.74, 6) is 0.937. The highest BCUT2D eigenvalue weighted by molar-refractivity contribution is 5.86. The Kier molecular flexibility index (Phi) is 2.14. The summed E-state index contributed by atoms with van der Waals surface area (Å²) in [7, 11) is 1.72. The molecule has 2 aromatic rings. The van der Waals surface area contributed by atoms with Crippen LogP contribution in [-0.4, -0.2) is 18.2 Å². The van der Waals surface area contributed by atoms with Crippen LogP contribution in [0.3, 0.4) is 0 Å². The van der Waals surface area contributed by atoms with Crippen molar-refractivity contribution < 1.29 is 4.74 Å². The van der Waals surface area contributed by atoms with Gasteiger partial charge in [-0.1, -0.05) is 0 Å². The van der Waals surface area contributed by atoms with Crippen LogP contribution in [0.15, 0.2) is 18.2 Å². The Balaban J connectivity index is 2.30. The van der Waals surface area contributed by atoms with E-state index in [0.29, 0.717) is 0 Å². The van der Waals surface area contributed by atoms with E-state index in [-0.39, 0.29) is 0 Å². The summed E-state index contributed by atoms with van der Waals surface area (Å²) < 4.78 is 7.70. The van der Waals surface area contributed by atoms with Gasteiger partial charge in [0.25, 0.3) is 0 Å². The van der Waals surface area contributed by atoms with E-state index in [9.17, 15) is 0 Å². The molecule has 0 amide bonds. The normalized spacial score (nSPS) is 15.1. The summed E-state index contributed by atoms with van der Waals surface area (Å²) in [4.78, 5) is 0. The maximum absolute atomic E-state index is 5.28. The minimum atomic E-state index is 0.937. The lowest BCUT2D eigenvalue weighted by Gasteiger charge is -2.17. The molecule has 16 heavy (non-hydrogen) atoms. The van der Waals surface area contributed by atoms with Crippen molar-refractivity contribution in [2.75, 3.05) is 13.7 Å². The van der Waals surface area contributed by atoms with E-state index < -0.39 is 0 Å². The minimum absolute atomic E-state index is 0.937. The van der Waals surface area contributed by atoms with Gasteiger partial charge in [0.2, 0.25) is 0 Å². The number of aryl methyl sites for hydroxylation is 1. The Morgan fingerprint density at radius 2 is 2.25 bits per heavy atom. The Bertz CT molecular complexity index is 542. The standard InChI is InChI=1S/C13H16N2O/c1-9-11-7-10(16-2)3-4-12(11)15-6-5-14-8-13(9)15/h3-4,7,14H,5-6,8H2,1-2H3. The molecule has 84 valence electrons. The number of hydrogen-bond acceptors (Lipinski definition) is 2. The highest BCUT2D eigenvalue weighted by Gasteiger charge is 2.16. The third kappa shape index (κ3) is 1.25. The molecule has 1 aliphatic rings. The lowest BCUT2D eigenvalue weighted by atomic mass is 10.1. The topological polar surface area (TPSA) is 26.2 Å². The number of ether oxygens (including phenoxy) is 1. The molecule has 0 fully saturated rings. The first-order valence-corrected chi connectivity index (χ1v) is 5.67. The van der Waals surface area contributed by atoms with Gasteiger partial charge >= 0.3 is 0 Å². The second-order valence-electron chi connectivity index (χ2n) is 4.28. The maximum atomic E-state index is 5.28. The Labute approximate surface area is 95.0 Å². The highest BCUT2D eigenvalue weighted by atomic mass is 16.5. The van der Waals surface area contributed by atoms with Crippen molar-refractivity contribution >= 4 is 10.9 Å². The van der Waals surface area contributed by atoms with Crippen LogP contribution in [0, 0.1) is 6.92 Å². The van der Waals surface area contributed by atoms with Gasteiger partial charge in [0, 0.05) is 36.2 Å². The molecule has 1 N–H and O–H groups in total. The number of nitrogens with zero attached hydrogens (tertiary/aromatic N) is 1. The summed E-state index contributed by atoms with van der Waals surface area (Å²) in [5.41, 5.74) is 4.12. The number of aromatic nitrogens is 1. The van der Waals surface area contributed by atoms with E-state index in [1.807, 2.05) is 6.07 Å². The van der Waals surface area contributed by atoms with Crippen LogP contribution in [0.5, 0.6) is 5.75 Å². The van der Waals surface area contributed by atoms with Crippen molar-refractivity contribution in [3.05, 3.63) is 29.5 Å². The molecule has 1 aromatic heterocycles. The molecular formula is C13H16N2O. The number of benzene rings is 1. The molecule has 1 aromatic carbocycles. The van der Waals surface area contributed by atoms with Gasteiger partial charge in [0.05, 0.1) is 7.11 Å². The van der Waals surface area contributed by atoms with Gasteiger partial charge in [-0.05, 0) is 30.7 Å². The van der Waals surface area contributed by atoms with E-state index in [1.165, 1.54) is 22.2 Å². The fourth-order valence-corrected chi connectivity index (χ4v) is 2.56. The molecule has 2 heterocycles. The summed E-state index contributed by atoms with van der Waals surface area (Å²) in [6.45, 7) is 5.29. The van der Waals surface area contributed by atoms with Gasteiger partial charge < -0.3 is 14.6 Å². The number of methoxy groups -OCH3 is 1.